The van der Waals surface area contributed by atoms with E-state index in [4.69, 9.17) is 4.42 Å². The van der Waals surface area contributed by atoms with Crippen LogP contribution in [0, 0.1) is 0 Å². The molecule has 1 heterocycles. The van der Waals surface area contributed by atoms with Crippen LogP contribution >= 0.6 is 0 Å². The molecule has 1 aromatic carbocycles. The van der Waals surface area contributed by atoms with Crippen LogP contribution in [-0.2, 0) is 16.6 Å². The van der Waals surface area contributed by atoms with Gasteiger partial charge in [-0.15, -0.1) is 0 Å². The first kappa shape index (κ1) is 15.3. The van der Waals surface area contributed by atoms with Gasteiger partial charge in [-0.25, -0.2) is 12.7 Å². The fraction of sp³-hybridized carbons (Fsp3) is 0.214. The van der Waals surface area contributed by atoms with Gasteiger partial charge in [-0.3, -0.25) is 4.79 Å². The normalized spacial score (nSPS) is 11.6. The number of sulfonamides is 1. The van der Waals surface area contributed by atoms with Gasteiger partial charge in [-0.2, -0.15) is 0 Å². The van der Waals surface area contributed by atoms with E-state index in [0.29, 0.717) is 6.54 Å². The highest BCUT2D eigenvalue weighted by Gasteiger charge is 2.16. The third-order valence-electron chi connectivity index (χ3n) is 2.90. The maximum atomic E-state index is 11.9. The van der Waals surface area contributed by atoms with E-state index in [0.717, 1.165) is 9.87 Å². The first-order valence-corrected chi connectivity index (χ1v) is 7.68. The third-order valence-corrected chi connectivity index (χ3v) is 4.73. The third kappa shape index (κ3) is 3.50. The summed E-state index contributed by atoms with van der Waals surface area (Å²) >= 11 is 0. The molecule has 0 unspecified atom stereocenters. The van der Waals surface area contributed by atoms with Crippen molar-refractivity contribution in [3.8, 4) is 0 Å². The van der Waals surface area contributed by atoms with Crippen LogP contribution in [0.2, 0.25) is 0 Å². The lowest BCUT2D eigenvalue weighted by Gasteiger charge is -2.11. The summed E-state index contributed by atoms with van der Waals surface area (Å²) in [7, 11) is -0.471. The molecule has 112 valence electrons. The van der Waals surface area contributed by atoms with E-state index in [1.165, 1.54) is 32.5 Å². The van der Waals surface area contributed by atoms with E-state index in [1.54, 1.807) is 24.3 Å². The summed E-state index contributed by atoms with van der Waals surface area (Å²) in [5.74, 6) is -0.0770. The molecule has 21 heavy (non-hydrogen) atoms. The minimum Gasteiger partial charge on any atom is -0.459 e. The summed E-state index contributed by atoms with van der Waals surface area (Å²) in [4.78, 5) is 11.9. The topological polar surface area (TPSA) is 79.6 Å². The Balaban J connectivity index is 2.02. The molecular weight excluding hydrogens is 292 g/mol. The van der Waals surface area contributed by atoms with E-state index in [2.05, 4.69) is 5.32 Å². The van der Waals surface area contributed by atoms with Gasteiger partial charge >= 0.3 is 0 Å². The quantitative estimate of drug-likeness (QED) is 0.907. The molecule has 0 fully saturated rings. The predicted octanol–water partition coefficient (Wildman–Crippen LogP) is 1.46. The summed E-state index contributed by atoms with van der Waals surface area (Å²) in [6.07, 6.45) is 1.43. The standard InChI is InChI=1S/C14H16N2O4S/c1-16(2)21(18,19)12-7-5-11(6-8-12)10-15-14(17)13-4-3-9-20-13/h3-9H,10H2,1-2H3,(H,15,17). The lowest BCUT2D eigenvalue weighted by Crippen LogP contribution is -2.23. The van der Waals surface area contributed by atoms with Crippen LogP contribution in [0.15, 0.2) is 52.0 Å². The zero-order valence-corrected chi connectivity index (χ0v) is 12.6. The van der Waals surface area contributed by atoms with Crippen molar-refractivity contribution in [3.05, 3.63) is 54.0 Å². The molecule has 1 N–H and O–H groups in total. The average Bonchev–Trinajstić information content (AvgIpc) is 2.99. The van der Waals surface area contributed by atoms with Crippen LogP contribution in [0.4, 0.5) is 0 Å². The number of nitrogens with one attached hydrogen (secondary N) is 1. The highest BCUT2D eigenvalue weighted by Crippen LogP contribution is 2.14. The Bertz CT molecular complexity index is 704. The molecule has 0 bridgehead atoms. The zero-order valence-electron chi connectivity index (χ0n) is 11.7. The first-order valence-electron chi connectivity index (χ1n) is 6.24. The number of amides is 1. The van der Waals surface area contributed by atoms with Crippen molar-refractivity contribution in [2.45, 2.75) is 11.4 Å². The Morgan fingerprint density at radius 2 is 1.86 bits per heavy atom. The first-order chi connectivity index (χ1) is 9.91. The van der Waals surface area contributed by atoms with Crippen LogP contribution in [0.1, 0.15) is 16.1 Å². The van der Waals surface area contributed by atoms with E-state index < -0.39 is 10.0 Å². The van der Waals surface area contributed by atoms with Gasteiger partial charge in [-0.05, 0) is 29.8 Å². The van der Waals surface area contributed by atoms with Crippen molar-refractivity contribution < 1.29 is 17.6 Å². The van der Waals surface area contributed by atoms with E-state index in [-0.39, 0.29) is 16.6 Å². The van der Waals surface area contributed by atoms with E-state index >= 15 is 0 Å². The lowest BCUT2D eigenvalue weighted by molar-refractivity contribution is 0.0923. The van der Waals surface area contributed by atoms with Crippen molar-refractivity contribution in [2.24, 2.45) is 0 Å². The smallest absolute Gasteiger partial charge is 0.287 e. The molecule has 0 aliphatic heterocycles. The Kier molecular flexibility index (Phi) is 4.44. The molecule has 0 saturated carbocycles. The van der Waals surface area contributed by atoms with Gasteiger partial charge in [0, 0.05) is 20.6 Å². The number of furan rings is 1. The van der Waals surface area contributed by atoms with Gasteiger partial charge < -0.3 is 9.73 Å². The molecule has 1 amide bonds. The Hall–Kier alpha value is -2.12. The highest BCUT2D eigenvalue weighted by atomic mass is 32.2. The molecule has 0 aliphatic rings. The Labute approximate surface area is 123 Å². The second-order valence-electron chi connectivity index (χ2n) is 4.59. The van der Waals surface area contributed by atoms with Crippen molar-refractivity contribution in [2.75, 3.05) is 14.1 Å². The van der Waals surface area contributed by atoms with Crippen LogP contribution in [0.25, 0.3) is 0 Å². The van der Waals surface area contributed by atoms with Gasteiger partial charge in [0.25, 0.3) is 5.91 Å². The summed E-state index contributed by atoms with van der Waals surface area (Å²) in [6, 6.07) is 9.57. The van der Waals surface area contributed by atoms with Gasteiger partial charge in [0.15, 0.2) is 5.76 Å². The molecule has 1 aromatic heterocycles. The molecule has 6 nitrogen and oxygen atoms in total. The number of carbonyl (C=O) groups is 1. The molecule has 2 aromatic rings. The van der Waals surface area contributed by atoms with Crippen molar-refractivity contribution in [1.82, 2.24) is 9.62 Å². The molecule has 0 saturated heterocycles. The fourth-order valence-electron chi connectivity index (χ4n) is 1.67. The Morgan fingerprint density at radius 3 is 2.38 bits per heavy atom. The SMILES string of the molecule is CN(C)S(=O)(=O)c1ccc(CNC(=O)c2ccco2)cc1. The summed E-state index contributed by atoms with van der Waals surface area (Å²) in [5, 5.41) is 2.69. The lowest BCUT2D eigenvalue weighted by atomic mass is 10.2. The molecular formula is C14H16N2O4S. The number of hydrogen-bond acceptors (Lipinski definition) is 4. The van der Waals surface area contributed by atoms with Gasteiger partial charge in [0.2, 0.25) is 10.0 Å². The van der Waals surface area contributed by atoms with Crippen LogP contribution in [0.5, 0.6) is 0 Å². The van der Waals surface area contributed by atoms with Gasteiger partial charge in [0.05, 0.1) is 11.2 Å². The maximum absolute atomic E-state index is 11.9. The second-order valence-corrected chi connectivity index (χ2v) is 6.74. The average molecular weight is 308 g/mol. The van der Waals surface area contributed by atoms with Gasteiger partial charge in [0.1, 0.15) is 0 Å². The number of benzene rings is 1. The minimum atomic E-state index is -3.43. The molecule has 2 rings (SSSR count). The molecule has 0 aliphatic carbocycles. The highest BCUT2D eigenvalue weighted by molar-refractivity contribution is 7.89. The second kappa shape index (κ2) is 6.11. The molecule has 7 heteroatoms. The molecule has 0 radical (unpaired) electrons. The van der Waals surface area contributed by atoms with E-state index in [9.17, 15) is 13.2 Å². The van der Waals surface area contributed by atoms with Crippen molar-refractivity contribution >= 4 is 15.9 Å². The van der Waals surface area contributed by atoms with Crippen LogP contribution < -0.4 is 5.32 Å². The number of carbonyl (C=O) groups excluding carboxylic acids is 1. The minimum absolute atomic E-state index is 0.216. The zero-order chi connectivity index (χ0) is 15.5. The predicted molar refractivity (Wildman–Crippen MR) is 77.2 cm³/mol. The summed E-state index contributed by atoms with van der Waals surface area (Å²) < 4.78 is 29.9. The van der Waals surface area contributed by atoms with Crippen molar-refractivity contribution in [1.29, 1.82) is 0 Å². The van der Waals surface area contributed by atoms with Crippen molar-refractivity contribution in [3.63, 3.8) is 0 Å². The van der Waals surface area contributed by atoms with Gasteiger partial charge in [-0.1, -0.05) is 12.1 Å². The molecule has 0 spiro atoms. The summed E-state index contributed by atoms with van der Waals surface area (Å²) in [5.41, 5.74) is 0.799. The number of rotatable bonds is 5. The monoisotopic (exact) mass is 308 g/mol. The number of hydrogen-bond donors (Lipinski definition) is 1. The maximum Gasteiger partial charge on any atom is 0.287 e. The fourth-order valence-corrected chi connectivity index (χ4v) is 2.57. The van der Waals surface area contributed by atoms with Crippen LogP contribution in [-0.4, -0.2) is 32.7 Å². The number of nitrogens with zero attached hydrogens (tertiary/aromatic N) is 1. The summed E-state index contributed by atoms with van der Waals surface area (Å²) in [6.45, 7) is 0.293. The molecule has 0 atom stereocenters. The van der Waals surface area contributed by atoms with E-state index in [1.807, 2.05) is 0 Å². The largest absolute Gasteiger partial charge is 0.459 e. The Morgan fingerprint density at radius 1 is 1.19 bits per heavy atom. The van der Waals surface area contributed by atoms with Crippen LogP contribution in [0.3, 0.4) is 0 Å².